The summed E-state index contributed by atoms with van der Waals surface area (Å²) in [6.45, 7) is 3.88. The molecule has 0 spiro atoms. The Bertz CT molecular complexity index is 130. The van der Waals surface area contributed by atoms with Crippen molar-refractivity contribution in [2.45, 2.75) is 13.8 Å². The largest absolute Gasteiger partial charge is 0.193 e. The Balaban J connectivity index is 3.85. The number of halogens is 1. The first-order valence-electron chi connectivity index (χ1n) is 2.43. The van der Waals surface area contributed by atoms with Gasteiger partial charge >= 0.3 is 0 Å². The van der Waals surface area contributed by atoms with Crippen LogP contribution in [0.3, 0.4) is 0 Å². The van der Waals surface area contributed by atoms with Crippen LogP contribution in [-0.4, -0.2) is 0 Å². The molecule has 0 aromatic rings. The third kappa shape index (κ3) is 2.65. The van der Waals surface area contributed by atoms with Crippen LogP contribution in [0.5, 0.6) is 0 Å². The fraction of sp³-hybridized carbons (Fsp3) is 0.500. The molecule has 44 valence electrons. The lowest BCUT2D eigenvalue weighted by Gasteiger charge is -1.96. The summed E-state index contributed by atoms with van der Waals surface area (Å²) < 4.78 is 0. The molecule has 0 saturated heterocycles. The van der Waals surface area contributed by atoms with E-state index < -0.39 is 0 Å². The zero-order chi connectivity index (χ0) is 6.57. The fourth-order valence-electron chi connectivity index (χ4n) is 0.228. The van der Waals surface area contributed by atoms with E-state index in [1.54, 1.807) is 0 Å². The number of nitrogens with zero attached hydrogens (tertiary/aromatic N) is 1. The van der Waals surface area contributed by atoms with E-state index in [1.165, 1.54) is 6.08 Å². The summed E-state index contributed by atoms with van der Waals surface area (Å²) in [7, 11) is 0. The van der Waals surface area contributed by atoms with Crippen LogP contribution >= 0.6 is 11.6 Å². The van der Waals surface area contributed by atoms with Gasteiger partial charge in [0.2, 0.25) is 0 Å². The Labute approximate surface area is 54.6 Å². The average molecular weight is 130 g/mol. The molecule has 2 heteroatoms. The van der Waals surface area contributed by atoms with Crippen molar-refractivity contribution in [2.24, 2.45) is 5.92 Å². The first-order valence-corrected chi connectivity index (χ1v) is 2.81. The molecule has 0 N–H and O–H groups in total. The van der Waals surface area contributed by atoms with Crippen LogP contribution in [0.15, 0.2) is 11.1 Å². The standard InChI is InChI=1S/C6H8ClN/c1-5(2)6(7)3-4-8/h3,5H,1-2H3/b6-3-. The molecule has 8 heavy (non-hydrogen) atoms. The summed E-state index contributed by atoms with van der Waals surface area (Å²) in [6, 6.07) is 1.85. The Morgan fingerprint density at radius 3 is 2.38 bits per heavy atom. The van der Waals surface area contributed by atoms with Crippen LogP contribution < -0.4 is 0 Å². The van der Waals surface area contributed by atoms with E-state index in [4.69, 9.17) is 16.9 Å². The molecular weight excluding hydrogens is 122 g/mol. The van der Waals surface area contributed by atoms with Crippen molar-refractivity contribution in [3.63, 3.8) is 0 Å². The van der Waals surface area contributed by atoms with Crippen molar-refractivity contribution in [1.29, 1.82) is 5.26 Å². The maximum atomic E-state index is 8.07. The third-order valence-corrected chi connectivity index (χ3v) is 1.30. The van der Waals surface area contributed by atoms with Gasteiger partial charge in [0.25, 0.3) is 0 Å². The molecule has 0 aromatic heterocycles. The smallest absolute Gasteiger partial charge is 0.0924 e. The van der Waals surface area contributed by atoms with Gasteiger partial charge < -0.3 is 0 Å². The topological polar surface area (TPSA) is 23.8 Å². The summed E-state index contributed by atoms with van der Waals surface area (Å²) in [4.78, 5) is 0. The highest BCUT2D eigenvalue weighted by molar-refractivity contribution is 6.29. The lowest BCUT2D eigenvalue weighted by molar-refractivity contribution is 0.814. The molecule has 0 radical (unpaired) electrons. The average Bonchev–Trinajstić information content (AvgIpc) is 1.67. The van der Waals surface area contributed by atoms with Gasteiger partial charge in [0.15, 0.2) is 0 Å². The molecule has 0 rings (SSSR count). The van der Waals surface area contributed by atoms with Gasteiger partial charge in [-0.3, -0.25) is 0 Å². The second-order valence-corrected chi connectivity index (χ2v) is 2.25. The summed E-state index contributed by atoms with van der Waals surface area (Å²) in [6.07, 6.45) is 1.35. The molecule has 0 aliphatic rings. The van der Waals surface area contributed by atoms with E-state index in [2.05, 4.69) is 0 Å². The summed E-state index contributed by atoms with van der Waals surface area (Å²) in [5.41, 5.74) is 0. The van der Waals surface area contributed by atoms with Gasteiger partial charge in [0.1, 0.15) is 0 Å². The number of nitriles is 1. The predicted octanol–water partition coefficient (Wildman–Crippen LogP) is 2.29. The molecule has 0 saturated carbocycles. The first-order chi connectivity index (χ1) is 3.68. The zero-order valence-electron chi connectivity index (χ0n) is 4.98. The van der Waals surface area contributed by atoms with Crippen LogP contribution in [0.1, 0.15) is 13.8 Å². The van der Waals surface area contributed by atoms with E-state index in [9.17, 15) is 0 Å². The summed E-state index contributed by atoms with van der Waals surface area (Å²) >= 11 is 5.55. The monoisotopic (exact) mass is 129 g/mol. The van der Waals surface area contributed by atoms with Gasteiger partial charge in [-0.15, -0.1) is 0 Å². The van der Waals surface area contributed by atoms with Crippen LogP contribution in [0.4, 0.5) is 0 Å². The third-order valence-electron chi connectivity index (χ3n) is 0.754. The first kappa shape index (κ1) is 7.52. The van der Waals surface area contributed by atoms with Crippen molar-refractivity contribution in [3.05, 3.63) is 11.1 Å². The van der Waals surface area contributed by atoms with Gasteiger partial charge in [-0.1, -0.05) is 25.4 Å². The van der Waals surface area contributed by atoms with Gasteiger partial charge in [-0.05, 0) is 5.92 Å². The molecule has 0 aliphatic heterocycles. The SMILES string of the molecule is CC(C)/C(Cl)=C/C#N. The highest BCUT2D eigenvalue weighted by Gasteiger charge is 1.95. The number of hydrogen-bond acceptors (Lipinski definition) is 1. The van der Waals surface area contributed by atoms with Crippen molar-refractivity contribution in [1.82, 2.24) is 0 Å². The molecule has 0 amide bonds. The minimum Gasteiger partial charge on any atom is -0.193 e. The van der Waals surface area contributed by atoms with Crippen LogP contribution in [-0.2, 0) is 0 Å². The summed E-state index contributed by atoms with van der Waals surface area (Å²) in [5.74, 6) is 0.274. The lowest BCUT2D eigenvalue weighted by atomic mass is 10.2. The van der Waals surface area contributed by atoms with Crippen molar-refractivity contribution >= 4 is 11.6 Å². The highest BCUT2D eigenvalue weighted by atomic mass is 35.5. The van der Waals surface area contributed by atoms with Crippen LogP contribution in [0.25, 0.3) is 0 Å². The molecule has 0 atom stereocenters. The van der Waals surface area contributed by atoms with Gasteiger partial charge in [-0.25, -0.2) is 0 Å². The van der Waals surface area contributed by atoms with Crippen molar-refractivity contribution < 1.29 is 0 Å². The van der Waals surface area contributed by atoms with E-state index in [1.807, 2.05) is 19.9 Å². The minimum absolute atomic E-state index is 0.274. The second-order valence-electron chi connectivity index (χ2n) is 1.81. The van der Waals surface area contributed by atoms with Gasteiger partial charge in [0.05, 0.1) is 6.07 Å². The molecule has 1 nitrogen and oxygen atoms in total. The van der Waals surface area contributed by atoms with E-state index in [0.29, 0.717) is 5.03 Å². The molecule has 0 aliphatic carbocycles. The molecule has 0 heterocycles. The number of allylic oxidation sites excluding steroid dienone is 2. The Kier molecular flexibility index (Phi) is 3.30. The Morgan fingerprint density at radius 2 is 2.25 bits per heavy atom. The molecule has 0 unspecified atom stereocenters. The molecule has 0 aromatic carbocycles. The van der Waals surface area contributed by atoms with Crippen LogP contribution in [0, 0.1) is 17.2 Å². The minimum atomic E-state index is 0.274. The zero-order valence-corrected chi connectivity index (χ0v) is 5.74. The van der Waals surface area contributed by atoms with E-state index in [-0.39, 0.29) is 5.92 Å². The summed E-state index contributed by atoms with van der Waals surface area (Å²) in [5, 5.41) is 8.69. The predicted molar refractivity (Wildman–Crippen MR) is 34.4 cm³/mol. The molecular formula is C6H8ClN. The Hall–Kier alpha value is -0.480. The Morgan fingerprint density at radius 1 is 1.75 bits per heavy atom. The van der Waals surface area contributed by atoms with E-state index >= 15 is 0 Å². The van der Waals surface area contributed by atoms with Crippen LogP contribution in [0.2, 0.25) is 0 Å². The quantitative estimate of drug-likeness (QED) is 0.499. The molecule has 0 fully saturated rings. The maximum absolute atomic E-state index is 8.07. The number of hydrogen-bond donors (Lipinski definition) is 0. The second kappa shape index (κ2) is 3.51. The van der Waals surface area contributed by atoms with Crippen molar-refractivity contribution in [3.8, 4) is 6.07 Å². The normalized spacial score (nSPS) is 11.6. The van der Waals surface area contributed by atoms with E-state index in [0.717, 1.165) is 0 Å². The van der Waals surface area contributed by atoms with Gasteiger partial charge in [-0.2, -0.15) is 5.26 Å². The van der Waals surface area contributed by atoms with Crippen molar-refractivity contribution in [2.75, 3.05) is 0 Å². The highest BCUT2D eigenvalue weighted by Crippen LogP contribution is 2.12. The maximum Gasteiger partial charge on any atom is 0.0924 e. The number of rotatable bonds is 1. The fourth-order valence-corrected chi connectivity index (χ4v) is 0.277. The lowest BCUT2D eigenvalue weighted by Crippen LogP contribution is -1.83. The van der Waals surface area contributed by atoms with Gasteiger partial charge in [0, 0.05) is 11.1 Å². The molecule has 0 bridgehead atoms.